The maximum Gasteiger partial charge on any atom is 0.330 e. The molecule has 136 valence electrons. The van der Waals surface area contributed by atoms with Crippen molar-refractivity contribution >= 4 is 17.1 Å². The standard InChI is InChI=1S/C17H19N5O4/c1-25-8-7-21-14-3-2-5-18-15(14)22(17(21)24)12-4-6-20(9-12)16(23)13-10-26-11-19-13/h2-3,5,10-12H,4,6-9H2,1H3/t12-/m1/s1. The Morgan fingerprint density at radius 1 is 1.42 bits per heavy atom. The fourth-order valence-electron chi connectivity index (χ4n) is 3.45. The number of ether oxygens (including phenoxy) is 1. The van der Waals surface area contributed by atoms with Gasteiger partial charge >= 0.3 is 5.69 Å². The van der Waals surface area contributed by atoms with Gasteiger partial charge in [-0.15, -0.1) is 0 Å². The first-order valence-corrected chi connectivity index (χ1v) is 8.43. The highest BCUT2D eigenvalue weighted by atomic mass is 16.5. The number of aromatic nitrogens is 4. The Kier molecular flexibility index (Phi) is 4.29. The van der Waals surface area contributed by atoms with Crippen LogP contribution in [0.25, 0.3) is 11.2 Å². The second-order valence-electron chi connectivity index (χ2n) is 6.21. The van der Waals surface area contributed by atoms with Crippen LogP contribution in [0.15, 0.2) is 40.2 Å². The molecule has 9 nitrogen and oxygen atoms in total. The number of hydrogen-bond acceptors (Lipinski definition) is 6. The van der Waals surface area contributed by atoms with Gasteiger partial charge in [0, 0.05) is 26.4 Å². The number of oxazole rings is 1. The van der Waals surface area contributed by atoms with E-state index in [1.54, 1.807) is 27.3 Å². The topological polar surface area (TPSA) is 95.4 Å². The first kappa shape index (κ1) is 16.5. The van der Waals surface area contributed by atoms with Gasteiger partial charge in [-0.25, -0.2) is 14.8 Å². The summed E-state index contributed by atoms with van der Waals surface area (Å²) >= 11 is 0. The van der Waals surface area contributed by atoms with Crippen LogP contribution in [-0.2, 0) is 11.3 Å². The molecule has 4 heterocycles. The van der Waals surface area contributed by atoms with Crippen molar-refractivity contribution in [2.45, 2.75) is 19.0 Å². The smallest absolute Gasteiger partial charge is 0.330 e. The van der Waals surface area contributed by atoms with Gasteiger partial charge in [-0.3, -0.25) is 13.9 Å². The Labute approximate surface area is 148 Å². The van der Waals surface area contributed by atoms with E-state index in [0.29, 0.717) is 38.3 Å². The summed E-state index contributed by atoms with van der Waals surface area (Å²) in [6.07, 6.45) is 4.92. The number of carbonyl (C=O) groups excluding carboxylic acids is 1. The molecule has 1 saturated heterocycles. The monoisotopic (exact) mass is 357 g/mol. The van der Waals surface area contributed by atoms with Gasteiger partial charge in [0.2, 0.25) is 0 Å². The molecule has 1 amide bonds. The predicted molar refractivity (Wildman–Crippen MR) is 91.9 cm³/mol. The van der Waals surface area contributed by atoms with Gasteiger partial charge in [-0.1, -0.05) is 0 Å². The van der Waals surface area contributed by atoms with Crippen molar-refractivity contribution in [2.75, 3.05) is 26.8 Å². The van der Waals surface area contributed by atoms with Gasteiger partial charge < -0.3 is 14.1 Å². The third kappa shape index (κ3) is 2.70. The molecule has 0 unspecified atom stereocenters. The zero-order valence-corrected chi connectivity index (χ0v) is 14.4. The fraction of sp³-hybridized carbons (Fsp3) is 0.412. The summed E-state index contributed by atoms with van der Waals surface area (Å²) in [4.78, 5) is 35.4. The van der Waals surface area contributed by atoms with Crippen LogP contribution in [0.5, 0.6) is 0 Å². The third-order valence-corrected chi connectivity index (χ3v) is 4.71. The number of methoxy groups -OCH3 is 1. The molecule has 0 bridgehead atoms. The largest absolute Gasteiger partial charge is 0.451 e. The number of likely N-dealkylation sites (tertiary alicyclic amines) is 1. The van der Waals surface area contributed by atoms with Crippen LogP contribution in [0.3, 0.4) is 0 Å². The number of pyridine rings is 1. The van der Waals surface area contributed by atoms with E-state index in [-0.39, 0.29) is 23.3 Å². The van der Waals surface area contributed by atoms with Crippen molar-refractivity contribution in [3.8, 4) is 0 Å². The maximum atomic E-state index is 13.0. The van der Waals surface area contributed by atoms with Gasteiger partial charge in [0.15, 0.2) is 17.7 Å². The number of carbonyl (C=O) groups is 1. The lowest BCUT2D eigenvalue weighted by molar-refractivity contribution is 0.0782. The quantitative estimate of drug-likeness (QED) is 0.674. The number of nitrogens with zero attached hydrogens (tertiary/aromatic N) is 5. The molecule has 1 fully saturated rings. The zero-order valence-electron chi connectivity index (χ0n) is 14.4. The van der Waals surface area contributed by atoms with Crippen LogP contribution in [-0.4, -0.2) is 56.7 Å². The molecular weight excluding hydrogens is 338 g/mol. The molecule has 0 N–H and O–H groups in total. The van der Waals surface area contributed by atoms with Crippen molar-refractivity contribution in [1.29, 1.82) is 0 Å². The number of amides is 1. The van der Waals surface area contributed by atoms with E-state index in [1.807, 2.05) is 12.1 Å². The summed E-state index contributed by atoms with van der Waals surface area (Å²) in [7, 11) is 1.60. The molecule has 1 aliphatic rings. The average Bonchev–Trinajstić information content (AvgIpc) is 3.39. The Hall–Kier alpha value is -2.94. The molecule has 0 radical (unpaired) electrons. The van der Waals surface area contributed by atoms with Crippen molar-refractivity contribution in [3.63, 3.8) is 0 Å². The molecule has 1 atom stereocenters. The van der Waals surface area contributed by atoms with E-state index in [0.717, 1.165) is 5.52 Å². The summed E-state index contributed by atoms with van der Waals surface area (Å²) in [5, 5.41) is 0. The maximum absolute atomic E-state index is 13.0. The van der Waals surface area contributed by atoms with E-state index < -0.39 is 0 Å². The Bertz CT molecular complexity index is 975. The highest BCUT2D eigenvalue weighted by Gasteiger charge is 2.32. The van der Waals surface area contributed by atoms with Gasteiger partial charge in [0.25, 0.3) is 5.91 Å². The number of hydrogen-bond donors (Lipinski definition) is 0. The van der Waals surface area contributed by atoms with Crippen molar-refractivity contribution in [1.82, 2.24) is 24.0 Å². The minimum atomic E-state index is -0.189. The van der Waals surface area contributed by atoms with Gasteiger partial charge in [-0.2, -0.15) is 0 Å². The van der Waals surface area contributed by atoms with Gasteiger partial charge in [-0.05, 0) is 18.6 Å². The SMILES string of the molecule is COCCn1c(=O)n([C@@H]2CCN(C(=O)c3cocn3)C2)c2ncccc21. The van der Waals surface area contributed by atoms with Crippen LogP contribution in [0.4, 0.5) is 0 Å². The Balaban J connectivity index is 1.66. The molecule has 0 spiro atoms. The minimum absolute atomic E-state index is 0.125. The molecule has 0 aromatic carbocycles. The highest BCUT2D eigenvalue weighted by molar-refractivity contribution is 5.92. The second-order valence-corrected chi connectivity index (χ2v) is 6.21. The molecule has 3 aromatic heterocycles. The van der Waals surface area contributed by atoms with Crippen LogP contribution >= 0.6 is 0 Å². The van der Waals surface area contributed by atoms with E-state index in [9.17, 15) is 9.59 Å². The second kappa shape index (κ2) is 6.75. The normalized spacial score (nSPS) is 17.3. The van der Waals surface area contributed by atoms with E-state index in [1.165, 1.54) is 12.7 Å². The number of imidazole rings is 1. The molecule has 3 aromatic rings. The first-order valence-electron chi connectivity index (χ1n) is 8.43. The summed E-state index contributed by atoms with van der Waals surface area (Å²) < 4.78 is 13.4. The fourth-order valence-corrected chi connectivity index (χ4v) is 3.45. The molecular formula is C17H19N5O4. The van der Waals surface area contributed by atoms with Crippen molar-refractivity contribution in [2.24, 2.45) is 0 Å². The summed E-state index contributed by atoms with van der Waals surface area (Å²) in [5.41, 5.74) is 1.56. The Morgan fingerprint density at radius 3 is 3.08 bits per heavy atom. The van der Waals surface area contributed by atoms with E-state index >= 15 is 0 Å². The predicted octanol–water partition coefficient (Wildman–Crippen LogP) is 0.920. The molecule has 1 aliphatic heterocycles. The van der Waals surface area contributed by atoms with Gasteiger partial charge in [0.05, 0.1) is 24.7 Å². The lowest BCUT2D eigenvalue weighted by atomic mass is 10.2. The molecule has 0 saturated carbocycles. The zero-order chi connectivity index (χ0) is 18.1. The van der Waals surface area contributed by atoms with Crippen LogP contribution in [0, 0.1) is 0 Å². The molecule has 26 heavy (non-hydrogen) atoms. The lowest BCUT2D eigenvalue weighted by Gasteiger charge is -2.15. The van der Waals surface area contributed by atoms with E-state index in [2.05, 4.69) is 9.97 Å². The van der Waals surface area contributed by atoms with Crippen LogP contribution in [0.2, 0.25) is 0 Å². The molecule has 0 aliphatic carbocycles. The minimum Gasteiger partial charge on any atom is -0.451 e. The molecule has 9 heteroatoms. The lowest BCUT2D eigenvalue weighted by Crippen LogP contribution is -2.32. The summed E-state index contributed by atoms with van der Waals surface area (Å²) in [5.74, 6) is -0.189. The number of fused-ring (bicyclic) bond motifs is 1. The Morgan fingerprint density at radius 2 is 2.31 bits per heavy atom. The highest BCUT2D eigenvalue weighted by Crippen LogP contribution is 2.25. The molecule has 4 rings (SSSR count). The summed E-state index contributed by atoms with van der Waals surface area (Å²) in [6, 6.07) is 3.56. The van der Waals surface area contributed by atoms with E-state index in [4.69, 9.17) is 9.15 Å². The third-order valence-electron chi connectivity index (χ3n) is 4.71. The average molecular weight is 357 g/mol. The van der Waals surface area contributed by atoms with Crippen LogP contribution < -0.4 is 5.69 Å². The number of rotatable bonds is 5. The van der Waals surface area contributed by atoms with Gasteiger partial charge in [0.1, 0.15) is 6.26 Å². The van der Waals surface area contributed by atoms with Crippen LogP contribution in [0.1, 0.15) is 23.0 Å². The van der Waals surface area contributed by atoms with Crippen molar-refractivity contribution < 1.29 is 13.9 Å². The summed E-state index contributed by atoms with van der Waals surface area (Å²) in [6.45, 7) is 1.89. The van der Waals surface area contributed by atoms with Crippen molar-refractivity contribution in [3.05, 3.63) is 47.2 Å². The first-order chi connectivity index (χ1) is 12.7.